The quantitative estimate of drug-likeness (QED) is 0.532. The van der Waals surface area contributed by atoms with Gasteiger partial charge in [-0.2, -0.15) is 4.98 Å². The Morgan fingerprint density at radius 1 is 1.00 bits per heavy atom. The van der Waals surface area contributed by atoms with Crippen LogP contribution in [0.25, 0.3) is 11.4 Å². The molecule has 0 spiro atoms. The molecule has 5 rings (SSSR count). The lowest BCUT2D eigenvalue weighted by Gasteiger charge is -2.28. The largest absolute Gasteiger partial charge is 0.328 e. The highest BCUT2D eigenvalue weighted by molar-refractivity contribution is 6.05. The number of hydrogen-bond acceptors (Lipinski definition) is 7. The molecule has 31 heavy (non-hydrogen) atoms. The van der Waals surface area contributed by atoms with Crippen LogP contribution in [0.3, 0.4) is 0 Å². The van der Waals surface area contributed by atoms with Crippen LogP contribution >= 0.6 is 0 Å². The molecule has 0 bridgehead atoms. The fraction of sp³-hybridized carbons (Fsp3) is 0.0909. The first-order valence-electron chi connectivity index (χ1n) is 9.67. The second-order valence-corrected chi connectivity index (χ2v) is 6.99. The molecule has 0 fully saturated rings. The van der Waals surface area contributed by atoms with Crippen molar-refractivity contribution in [2.45, 2.75) is 13.0 Å². The third kappa shape index (κ3) is 3.52. The fourth-order valence-electron chi connectivity index (χ4n) is 3.55. The van der Waals surface area contributed by atoms with Crippen LogP contribution in [0.15, 0.2) is 84.8 Å². The first-order chi connectivity index (χ1) is 15.2. The van der Waals surface area contributed by atoms with Gasteiger partial charge in [-0.1, -0.05) is 6.07 Å². The van der Waals surface area contributed by atoms with Gasteiger partial charge in [0.2, 0.25) is 5.95 Å². The third-order valence-electron chi connectivity index (χ3n) is 4.96. The molecule has 4 aromatic rings. The minimum atomic E-state index is -0.496. The molecule has 1 amide bonds. The van der Waals surface area contributed by atoms with Gasteiger partial charge in [0.25, 0.3) is 5.91 Å². The van der Waals surface area contributed by atoms with Gasteiger partial charge in [-0.3, -0.25) is 19.7 Å². The van der Waals surface area contributed by atoms with E-state index in [4.69, 9.17) is 5.10 Å². The van der Waals surface area contributed by atoms with Gasteiger partial charge in [-0.25, -0.2) is 4.68 Å². The molecule has 9 nitrogen and oxygen atoms in total. The van der Waals surface area contributed by atoms with Gasteiger partial charge in [-0.05, 0) is 42.8 Å². The van der Waals surface area contributed by atoms with Crippen molar-refractivity contribution in [2.24, 2.45) is 0 Å². The Labute approximate surface area is 177 Å². The van der Waals surface area contributed by atoms with Gasteiger partial charge in [0, 0.05) is 42.2 Å². The van der Waals surface area contributed by atoms with Gasteiger partial charge in [0.1, 0.15) is 6.04 Å². The lowest BCUT2D eigenvalue weighted by molar-refractivity contribution is -0.113. The summed E-state index contributed by atoms with van der Waals surface area (Å²) in [7, 11) is 0. The van der Waals surface area contributed by atoms with Gasteiger partial charge in [0.15, 0.2) is 5.82 Å². The zero-order valence-electron chi connectivity index (χ0n) is 16.6. The number of allylic oxidation sites excluding steroid dienone is 1. The Kier molecular flexibility index (Phi) is 4.68. The van der Waals surface area contributed by atoms with Crippen molar-refractivity contribution in [1.29, 1.82) is 0 Å². The molecule has 2 N–H and O–H groups in total. The number of amides is 1. The van der Waals surface area contributed by atoms with E-state index < -0.39 is 6.04 Å². The summed E-state index contributed by atoms with van der Waals surface area (Å²) in [5.41, 5.74) is 3.49. The Morgan fingerprint density at radius 2 is 1.77 bits per heavy atom. The summed E-state index contributed by atoms with van der Waals surface area (Å²) >= 11 is 0. The van der Waals surface area contributed by atoms with E-state index >= 15 is 0 Å². The Morgan fingerprint density at radius 3 is 2.48 bits per heavy atom. The molecule has 0 saturated carbocycles. The standard InChI is InChI=1S/C22H18N8O/c1-14-18(21(31)27-17-5-3-9-25-13-17)19(16-4-2-8-24-12-16)30-22(26-14)28-20(29-30)15-6-10-23-11-7-15/h2-13,19H,1H3,(H,27,31)(H,26,28,29). The Balaban J connectivity index is 1.60. The predicted octanol–water partition coefficient (Wildman–Crippen LogP) is 3.06. The van der Waals surface area contributed by atoms with E-state index in [9.17, 15) is 4.79 Å². The van der Waals surface area contributed by atoms with Crippen molar-refractivity contribution >= 4 is 17.5 Å². The van der Waals surface area contributed by atoms with Crippen LogP contribution in [0, 0.1) is 0 Å². The average Bonchev–Trinajstić information content (AvgIpc) is 3.23. The molecular formula is C22H18N8O. The average molecular weight is 410 g/mol. The Hall–Kier alpha value is -4.40. The van der Waals surface area contributed by atoms with Gasteiger partial charge in [0.05, 0.1) is 17.5 Å². The molecule has 1 aliphatic rings. The van der Waals surface area contributed by atoms with E-state index in [-0.39, 0.29) is 5.91 Å². The number of nitrogens with one attached hydrogen (secondary N) is 2. The van der Waals surface area contributed by atoms with Crippen LogP contribution in [-0.4, -0.2) is 35.6 Å². The summed E-state index contributed by atoms with van der Waals surface area (Å²) in [6.45, 7) is 1.85. The molecule has 1 atom stereocenters. The monoisotopic (exact) mass is 410 g/mol. The maximum absolute atomic E-state index is 13.3. The highest BCUT2D eigenvalue weighted by Gasteiger charge is 2.34. The van der Waals surface area contributed by atoms with Crippen molar-refractivity contribution in [3.63, 3.8) is 0 Å². The third-order valence-corrected chi connectivity index (χ3v) is 4.96. The summed E-state index contributed by atoms with van der Waals surface area (Å²) < 4.78 is 1.72. The number of hydrogen-bond donors (Lipinski definition) is 2. The van der Waals surface area contributed by atoms with Gasteiger partial charge in [-0.15, -0.1) is 5.10 Å². The number of aromatic nitrogens is 6. The minimum absolute atomic E-state index is 0.251. The summed E-state index contributed by atoms with van der Waals surface area (Å²) in [6.07, 6.45) is 10.1. The van der Waals surface area contributed by atoms with E-state index in [0.717, 1.165) is 11.1 Å². The Bertz CT molecular complexity index is 1250. The molecule has 5 heterocycles. The predicted molar refractivity (Wildman–Crippen MR) is 115 cm³/mol. The highest BCUT2D eigenvalue weighted by atomic mass is 16.1. The molecule has 4 aromatic heterocycles. The first kappa shape index (κ1) is 18.6. The van der Waals surface area contributed by atoms with Crippen LogP contribution < -0.4 is 10.6 Å². The SMILES string of the molecule is CC1=C(C(=O)Nc2cccnc2)C(c2cccnc2)n2nc(-c3ccncc3)nc2N1. The van der Waals surface area contributed by atoms with E-state index in [1.165, 1.54) is 0 Å². The fourth-order valence-corrected chi connectivity index (χ4v) is 3.55. The topological polar surface area (TPSA) is 111 Å². The van der Waals surface area contributed by atoms with Crippen molar-refractivity contribution in [3.8, 4) is 11.4 Å². The van der Waals surface area contributed by atoms with Crippen LogP contribution in [-0.2, 0) is 4.79 Å². The molecule has 9 heteroatoms. The number of fused-ring (bicyclic) bond motifs is 1. The molecule has 0 aromatic carbocycles. The normalized spacial score (nSPS) is 15.2. The lowest BCUT2D eigenvalue weighted by atomic mass is 9.96. The minimum Gasteiger partial charge on any atom is -0.328 e. The van der Waals surface area contributed by atoms with Gasteiger partial charge >= 0.3 is 0 Å². The second kappa shape index (κ2) is 7.79. The van der Waals surface area contributed by atoms with Crippen molar-refractivity contribution in [2.75, 3.05) is 10.6 Å². The van der Waals surface area contributed by atoms with Crippen molar-refractivity contribution in [3.05, 3.63) is 90.4 Å². The molecule has 1 aliphatic heterocycles. The molecule has 0 radical (unpaired) electrons. The van der Waals surface area contributed by atoms with Crippen LogP contribution in [0.1, 0.15) is 18.5 Å². The number of carbonyl (C=O) groups excluding carboxylic acids is 1. The number of anilines is 2. The maximum atomic E-state index is 13.3. The van der Waals surface area contributed by atoms with Crippen LogP contribution in [0.4, 0.5) is 11.6 Å². The number of rotatable bonds is 4. The highest BCUT2D eigenvalue weighted by Crippen LogP contribution is 2.36. The molecule has 0 aliphatic carbocycles. The summed E-state index contributed by atoms with van der Waals surface area (Å²) in [6, 6.07) is 10.5. The summed E-state index contributed by atoms with van der Waals surface area (Å²) in [5, 5.41) is 10.9. The van der Waals surface area contributed by atoms with Crippen LogP contribution in [0.5, 0.6) is 0 Å². The van der Waals surface area contributed by atoms with E-state index in [0.29, 0.717) is 28.7 Å². The zero-order chi connectivity index (χ0) is 21.2. The van der Waals surface area contributed by atoms with E-state index in [1.54, 1.807) is 54.0 Å². The summed E-state index contributed by atoms with van der Waals surface area (Å²) in [5.74, 6) is 0.843. The molecule has 1 unspecified atom stereocenters. The van der Waals surface area contributed by atoms with Gasteiger partial charge < -0.3 is 10.6 Å². The zero-order valence-corrected chi connectivity index (χ0v) is 16.6. The van der Waals surface area contributed by atoms with E-state index in [1.807, 2.05) is 31.2 Å². The lowest BCUT2D eigenvalue weighted by Crippen LogP contribution is -2.31. The van der Waals surface area contributed by atoms with E-state index in [2.05, 4.69) is 30.6 Å². The molecular weight excluding hydrogens is 392 g/mol. The van der Waals surface area contributed by atoms with Crippen molar-refractivity contribution in [1.82, 2.24) is 29.7 Å². The maximum Gasteiger partial charge on any atom is 0.255 e. The number of carbonyl (C=O) groups is 1. The smallest absolute Gasteiger partial charge is 0.255 e. The number of nitrogens with zero attached hydrogens (tertiary/aromatic N) is 6. The first-order valence-corrected chi connectivity index (χ1v) is 9.67. The molecule has 152 valence electrons. The summed E-state index contributed by atoms with van der Waals surface area (Å²) in [4.78, 5) is 30.3. The molecule has 0 saturated heterocycles. The van der Waals surface area contributed by atoms with Crippen LogP contribution in [0.2, 0.25) is 0 Å². The second-order valence-electron chi connectivity index (χ2n) is 6.99. The number of pyridine rings is 3. The van der Waals surface area contributed by atoms with Crippen molar-refractivity contribution < 1.29 is 4.79 Å².